The van der Waals surface area contributed by atoms with Crippen molar-refractivity contribution in [3.8, 4) is 0 Å². The first-order valence-electron chi connectivity index (χ1n) is 9.48. The fourth-order valence-electron chi connectivity index (χ4n) is 3.46. The van der Waals surface area contributed by atoms with Crippen molar-refractivity contribution in [2.45, 2.75) is 25.9 Å². The van der Waals surface area contributed by atoms with E-state index < -0.39 is 11.6 Å². The molecule has 3 aromatic rings. The van der Waals surface area contributed by atoms with Gasteiger partial charge in [-0.25, -0.2) is 8.78 Å². The molecule has 0 saturated carbocycles. The predicted molar refractivity (Wildman–Crippen MR) is 100 cm³/mol. The minimum atomic E-state index is -0.525. The lowest BCUT2D eigenvalue weighted by molar-refractivity contribution is 0.0953. The number of hydrogen-bond donors (Lipinski definition) is 1. The molecule has 9 heteroatoms. The number of carbonyl (C=O) groups is 1. The lowest BCUT2D eigenvalue weighted by atomic mass is 10.2. The van der Waals surface area contributed by atoms with Crippen LogP contribution in [0.5, 0.6) is 0 Å². The molecule has 29 heavy (non-hydrogen) atoms. The van der Waals surface area contributed by atoms with Gasteiger partial charge in [-0.3, -0.25) is 9.69 Å². The minimum absolute atomic E-state index is 0.0901. The molecule has 4 rings (SSSR count). The van der Waals surface area contributed by atoms with E-state index in [1.165, 1.54) is 30.7 Å². The molecule has 0 spiro atoms. The summed E-state index contributed by atoms with van der Waals surface area (Å²) in [5.41, 5.74) is 0.563. The fourth-order valence-corrected chi connectivity index (χ4v) is 3.46. The summed E-state index contributed by atoms with van der Waals surface area (Å²) < 4.78 is 34.8. The molecule has 0 fully saturated rings. The number of nitrogens with zero attached hydrogens (tertiary/aromatic N) is 4. The van der Waals surface area contributed by atoms with E-state index in [0.29, 0.717) is 44.6 Å². The van der Waals surface area contributed by atoms with Gasteiger partial charge >= 0.3 is 0 Å². The number of carbonyl (C=O) groups excluding carboxylic acids is 1. The Morgan fingerprint density at radius 1 is 1.14 bits per heavy atom. The second-order valence-corrected chi connectivity index (χ2v) is 6.93. The Bertz CT molecular complexity index is 967. The van der Waals surface area contributed by atoms with E-state index in [4.69, 9.17) is 4.42 Å². The first-order valence-corrected chi connectivity index (χ1v) is 9.48. The number of nitrogens with one attached hydrogen (secondary N) is 1. The second-order valence-electron chi connectivity index (χ2n) is 6.93. The van der Waals surface area contributed by atoms with Gasteiger partial charge < -0.3 is 14.3 Å². The largest absolute Gasteiger partial charge is 0.472 e. The van der Waals surface area contributed by atoms with E-state index >= 15 is 0 Å². The van der Waals surface area contributed by atoms with Crippen molar-refractivity contribution in [2.75, 3.05) is 19.6 Å². The standard InChI is InChI=1S/C20H21F2N5O2/c21-16-2-1-3-17(22)15(16)12-26-8-5-19-25-24-18(27(19)10-9-26)4-7-23-20(28)14-6-11-29-13-14/h1-3,6,11,13H,4-5,7-10,12H2,(H,23,28). The maximum Gasteiger partial charge on any atom is 0.254 e. The minimum Gasteiger partial charge on any atom is -0.472 e. The van der Waals surface area contributed by atoms with Gasteiger partial charge in [-0.15, -0.1) is 10.2 Å². The molecule has 1 N–H and O–H groups in total. The smallest absolute Gasteiger partial charge is 0.254 e. The van der Waals surface area contributed by atoms with Gasteiger partial charge in [-0.05, 0) is 18.2 Å². The topological polar surface area (TPSA) is 76.2 Å². The molecule has 0 atom stereocenters. The van der Waals surface area contributed by atoms with E-state index in [2.05, 4.69) is 15.5 Å². The van der Waals surface area contributed by atoms with E-state index in [1.807, 2.05) is 9.47 Å². The molecule has 1 amide bonds. The monoisotopic (exact) mass is 401 g/mol. The summed E-state index contributed by atoms with van der Waals surface area (Å²) in [6, 6.07) is 5.53. The van der Waals surface area contributed by atoms with Gasteiger partial charge in [-0.2, -0.15) is 0 Å². The quantitative estimate of drug-likeness (QED) is 0.685. The first-order chi connectivity index (χ1) is 14.1. The number of furan rings is 1. The third-order valence-corrected chi connectivity index (χ3v) is 5.06. The molecule has 0 aliphatic carbocycles. The van der Waals surface area contributed by atoms with Gasteiger partial charge in [0.1, 0.15) is 29.5 Å². The van der Waals surface area contributed by atoms with Crippen LogP contribution in [0.25, 0.3) is 0 Å². The Morgan fingerprint density at radius 2 is 1.97 bits per heavy atom. The molecule has 1 aliphatic heterocycles. The Hall–Kier alpha value is -3.07. The lowest BCUT2D eigenvalue weighted by Gasteiger charge is -2.20. The van der Waals surface area contributed by atoms with Crippen molar-refractivity contribution in [1.29, 1.82) is 0 Å². The molecule has 152 valence electrons. The highest BCUT2D eigenvalue weighted by Crippen LogP contribution is 2.17. The predicted octanol–water partition coefficient (Wildman–Crippen LogP) is 2.18. The van der Waals surface area contributed by atoms with E-state index in [-0.39, 0.29) is 18.0 Å². The molecule has 2 aromatic heterocycles. The molecule has 0 unspecified atom stereocenters. The van der Waals surface area contributed by atoms with Crippen molar-refractivity contribution in [2.24, 2.45) is 0 Å². The van der Waals surface area contributed by atoms with Gasteiger partial charge in [0.05, 0.1) is 11.8 Å². The van der Waals surface area contributed by atoms with Crippen LogP contribution in [0, 0.1) is 11.6 Å². The van der Waals surface area contributed by atoms with Crippen LogP contribution in [-0.4, -0.2) is 45.2 Å². The van der Waals surface area contributed by atoms with Crippen LogP contribution in [0.3, 0.4) is 0 Å². The molecular weight excluding hydrogens is 380 g/mol. The molecule has 0 saturated heterocycles. The summed E-state index contributed by atoms with van der Waals surface area (Å²) in [5, 5.41) is 11.3. The average Bonchev–Trinajstić information content (AvgIpc) is 3.33. The number of aromatic nitrogens is 3. The molecule has 0 bridgehead atoms. The zero-order valence-corrected chi connectivity index (χ0v) is 15.8. The Labute approximate surface area is 166 Å². The van der Waals surface area contributed by atoms with Gasteiger partial charge in [0.15, 0.2) is 0 Å². The van der Waals surface area contributed by atoms with Crippen molar-refractivity contribution in [1.82, 2.24) is 25.0 Å². The number of rotatable bonds is 6. The summed E-state index contributed by atoms with van der Waals surface area (Å²) in [5.74, 6) is 0.377. The van der Waals surface area contributed by atoms with Crippen LogP contribution in [0.1, 0.15) is 27.6 Å². The summed E-state index contributed by atoms with van der Waals surface area (Å²) in [6.45, 7) is 2.54. The number of amides is 1. The van der Waals surface area contributed by atoms with Gasteiger partial charge in [0, 0.05) is 51.1 Å². The SMILES string of the molecule is O=C(NCCc1nnc2n1CCN(Cc1c(F)cccc1F)CC2)c1ccoc1. The van der Waals surface area contributed by atoms with E-state index in [1.54, 1.807) is 6.07 Å². The third kappa shape index (κ3) is 4.34. The van der Waals surface area contributed by atoms with Gasteiger partial charge in [0.2, 0.25) is 0 Å². The zero-order chi connectivity index (χ0) is 20.2. The van der Waals surface area contributed by atoms with Crippen LogP contribution in [0.15, 0.2) is 41.2 Å². The van der Waals surface area contributed by atoms with Crippen LogP contribution < -0.4 is 5.32 Å². The van der Waals surface area contributed by atoms with Crippen molar-refractivity contribution < 1.29 is 18.0 Å². The van der Waals surface area contributed by atoms with Crippen LogP contribution in [0.4, 0.5) is 8.78 Å². The van der Waals surface area contributed by atoms with Gasteiger partial charge in [-0.1, -0.05) is 6.07 Å². The van der Waals surface area contributed by atoms with E-state index in [9.17, 15) is 13.6 Å². The molecular formula is C20H21F2N5O2. The Kier molecular flexibility index (Phi) is 5.66. The van der Waals surface area contributed by atoms with Crippen molar-refractivity contribution in [3.63, 3.8) is 0 Å². The highest BCUT2D eigenvalue weighted by atomic mass is 19.1. The highest BCUT2D eigenvalue weighted by Gasteiger charge is 2.20. The number of halogens is 2. The Balaban J connectivity index is 1.35. The van der Waals surface area contributed by atoms with Crippen LogP contribution >= 0.6 is 0 Å². The second kappa shape index (κ2) is 8.52. The summed E-state index contributed by atoms with van der Waals surface area (Å²) in [6.07, 6.45) is 4.03. The number of benzene rings is 1. The number of hydrogen-bond acceptors (Lipinski definition) is 5. The van der Waals surface area contributed by atoms with Gasteiger partial charge in [0.25, 0.3) is 5.91 Å². The average molecular weight is 401 g/mol. The zero-order valence-electron chi connectivity index (χ0n) is 15.8. The number of fused-ring (bicyclic) bond motifs is 1. The fraction of sp³-hybridized carbons (Fsp3) is 0.350. The Morgan fingerprint density at radius 3 is 2.72 bits per heavy atom. The highest BCUT2D eigenvalue weighted by molar-refractivity contribution is 5.93. The lowest BCUT2D eigenvalue weighted by Crippen LogP contribution is -2.28. The van der Waals surface area contributed by atoms with Crippen LogP contribution in [-0.2, 0) is 25.9 Å². The van der Waals surface area contributed by atoms with Crippen LogP contribution in [0.2, 0.25) is 0 Å². The summed E-state index contributed by atoms with van der Waals surface area (Å²) in [7, 11) is 0. The maximum absolute atomic E-state index is 13.9. The molecule has 1 aliphatic rings. The third-order valence-electron chi connectivity index (χ3n) is 5.06. The summed E-state index contributed by atoms with van der Waals surface area (Å²) >= 11 is 0. The van der Waals surface area contributed by atoms with E-state index in [0.717, 1.165) is 11.6 Å². The summed E-state index contributed by atoms with van der Waals surface area (Å²) in [4.78, 5) is 14.0. The van der Waals surface area contributed by atoms with Crippen molar-refractivity contribution >= 4 is 5.91 Å². The maximum atomic E-state index is 13.9. The molecule has 7 nitrogen and oxygen atoms in total. The molecule has 0 radical (unpaired) electrons. The first kappa shape index (κ1) is 19.3. The van der Waals surface area contributed by atoms with Crippen molar-refractivity contribution in [3.05, 3.63) is 71.2 Å². The molecule has 1 aromatic carbocycles. The normalized spacial score (nSPS) is 14.4. The molecule has 3 heterocycles.